The molecule has 0 saturated carbocycles. The highest BCUT2D eigenvalue weighted by Gasteiger charge is 2.34. The second-order valence-corrected chi connectivity index (χ2v) is 7.59. The third-order valence-corrected chi connectivity index (χ3v) is 5.09. The van der Waals surface area contributed by atoms with Crippen LogP contribution in [0.2, 0.25) is 0 Å². The molecule has 1 aromatic heterocycles. The Morgan fingerprint density at radius 3 is 2.56 bits per heavy atom. The molecule has 1 fully saturated rings. The van der Waals surface area contributed by atoms with E-state index in [1.807, 2.05) is 36.7 Å². The van der Waals surface area contributed by atoms with Gasteiger partial charge in [-0.1, -0.05) is 26.0 Å². The highest BCUT2D eigenvalue weighted by Crippen LogP contribution is 2.26. The summed E-state index contributed by atoms with van der Waals surface area (Å²) in [5.41, 5.74) is 4.15. The minimum atomic E-state index is -0.303. The van der Waals surface area contributed by atoms with Crippen molar-refractivity contribution in [2.24, 2.45) is 5.92 Å². The molecule has 6 heteroatoms. The van der Waals surface area contributed by atoms with Crippen LogP contribution in [0.15, 0.2) is 30.3 Å². The number of anilines is 1. The predicted octanol–water partition coefficient (Wildman–Crippen LogP) is 2.79. The van der Waals surface area contributed by atoms with Crippen molar-refractivity contribution in [2.75, 3.05) is 18.0 Å². The van der Waals surface area contributed by atoms with E-state index in [1.54, 1.807) is 4.90 Å². The molecule has 1 aliphatic heterocycles. The average molecular weight is 368 g/mol. The zero-order valence-corrected chi connectivity index (χ0v) is 16.5. The summed E-state index contributed by atoms with van der Waals surface area (Å²) >= 11 is 0. The third-order valence-electron chi connectivity index (χ3n) is 5.09. The average Bonchev–Trinajstić information content (AvgIpc) is 3.17. The SMILES string of the molecule is Cc1cc(C)n(CCNC(=O)[C@@H]2CC(=O)N(c3ccc(C(C)C)cc3)C2)n1. The maximum absolute atomic E-state index is 12.5. The number of nitrogens with one attached hydrogen (secondary N) is 1. The lowest BCUT2D eigenvalue weighted by atomic mass is 10.0. The Labute approximate surface area is 160 Å². The van der Waals surface area contributed by atoms with E-state index >= 15 is 0 Å². The number of hydrogen-bond donors (Lipinski definition) is 1. The molecule has 1 saturated heterocycles. The molecule has 0 bridgehead atoms. The van der Waals surface area contributed by atoms with Crippen molar-refractivity contribution in [2.45, 2.75) is 46.6 Å². The molecule has 1 aromatic carbocycles. The van der Waals surface area contributed by atoms with Gasteiger partial charge in [0, 0.05) is 30.9 Å². The van der Waals surface area contributed by atoms with Crippen molar-refractivity contribution in [1.29, 1.82) is 0 Å². The lowest BCUT2D eigenvalue weighted by Crippen LogP contribution is -2.35. The van der Waals surface area contributed by atoms with Crippen LogP contribution in [0.1, 0.15) is 43.1 Å². The Kier molecular flexibility index (Phi) is 5.63. The quantitative estimate of drug-likeness (QED) is 0.853. The molecule has 144 valence electrons. The smallest absolute Gasteiger partial charge is 0.227 e. The van der Waals surface area contributed by atoms with E-state index in [1.165, 1.54) is 5.56 Å². The van der Waals surface area contributed by atoms with Gasteiger partial charge in [0.1, 0.15) is 0 Å². The lowest BCUT2D eigenvalue weighted by molar-refractivity contribution is -0.126. The predicted molar refractivity (Wildman–Crippen MR) is 106 cm³/mol. The van der Waals surface area contributed by atoms with E-state index in [0.717, 1.165) is 17.1 Å². The molecule has 2 aromatic rings. The van der Waals surface area contributed by atoms with E-state index in [-0.39, 0.29) is 24.2 Å². The summed E-state index contributed by atoms with van der Waals surface area (Å²) in [4.78, 5) is 26.6. The number of aromatic nitrogens is 2. The molecular formula is C21H28N4O2. The van der Waals surface area contributed by atoms with Gasteiger partial charge in [-0.05, 0) is 43.5 Å². The molecular weight excluding hydrogens is 340 g/mol. The fourth-order valence-electron chi connectivity index (χ4n) is 3.50. The molecule has 0 aliphatic carbocycles. The Bertz CT molecular complexity index is 823. The maximum Gasteiger partial charge on any atom is 0.227 e. The summed E-state index contributed by atoms with van der Waals surface area (Å²) in [6.45, 7) is 9.81. The van der Waals surface area contributed by atoms with Crippen LogP contribution in [0.4, 0.5) is 5.69 Å². The Hall–Kier alpha value is -2.63. The van der Waals surface area contributed by atoms with Crippen LogP contribution in [0.3, 0.4) is 0 Å². The standard InChI is InChI=1S/C21H28N4O2/c1-14(2)17-5-7-19(8-6-17)24-13-18(12-20(24)26)21(27)22-9-10-25-16(4)11-15(3)23-25/h5-8,11,14,18H,9-10,12-13H2,1-4H3,(H,22,27)/t18-/m1/s1. The summed E-state index contributed by atoms with van der Waals surface area (Å²) in [6.07, 6.45) is 0.262. The van der Waals surface area contributed by atoms with Crippen molar-refractivity contribution in [3.63, 3.8) is 0 Å². The largest absolute Gasteiger partial charge is 0.354 e. The molecule has 2 amide bonds. The van der Waals surface area contributed by atoms with E-state index in [9.17, 15) is 9.59 Å². The molecule has 27 heavy (non-hydrogen) atoms. The first-order valence-electron chi connectivity index (χ1n) is 9.54. The summed E-state index contributed by atoms with van der Waals surface area (Å²) in [6, 6.07) is 10.1. The van der Waals surface area contributed by atoms with Crippen molar-refractivity contribution < 1.29 is 9.59 Å². The van der Waals surface area contributed by atoms with Gasteiger partial charge in [0.15, 0.2) is 0 Å². The molecule has 3 rings (SSSR count). The first-order valence-corrected chi connectivity index (χ1v) is 9.54. The van der Waals surface area contributed by atoms with Crippen LogP contribution in [-0.2, 0) is 16.1 Å². The van der Waals surface area contributed by atoms with Gasteiger partial charge in [0.2, 0.25) is 11.8 Å². The number of amides is 2. The van der Waals surface area contributed by atoms with Crippen molar-refractivity contribution in [1.82, 2.24) is 15.1 Å². The number of nitrogens with zero attached hydrogens (tertiary/aromatic N) is 3. The van der Waals surface area contributed by atoms with Gasteiger partial charge in [0.25, 0.3) is 0 Å². The Morgan fingerprint density at radius 2 is 1.96 bits per heavy atom. The van der Waals surface area contributed by atoms with Gasteiger partial charge < -0.3 is 10.2 Å². The fourth-order valence-corrected chi connectivity index (χ4v) is 3.50. The Balaban J connectivity index is 1.54. The molecule has 0 spiro atoms. The molecule has 6 nitrogen and oxygen atoms in total. The highest BCUT2D eigenvalue weighted by molar-refractivity contribution is 6.00. The van der Waals surface area contributed by atoms with Gasteiger partial charge >= 0.3 is 0 Å². The van der Waals surface area contributed by atoms with Gasteiger partial charge in [0.05, 0.1) is 18.2 Å². The second-order valence-electron chi connectivity index (χ2n) is 7.59. The zero-order chi connectivity index (χ0) is 19.6. The van der Waals surface area contributed by atoms with Crippen molar-refractivity contribution in [3.8, 4) is 0 Å². The van der Waals surface area contributed by atoms with E-state index in [2.05, 4.69) is 36.4 Å². The summed E-state index contributed by atoms with van der Waals surface area (Å²) in [5.74, 6) is 0.0916. The number of benzene rings is 1. The number of hydrogen-bond acceptors (Lipinski definition) is 3. The zero-order valence-electron chi connectivity index (χ0n) is 16.5. The number of aryl methyl sites for hydroxylation is 2. The monoisotopic (exact) mass is 368 g/mol. The topological polar surface area (TPSA) is 67.2 Å². The highest BCUT2D eigenvalue weighted by atomic mass is 16.2. The fraction of sp³-hybridized carbons (Fsp3) is 0.476. The van der Waals surface area contributed by atoms with Crippen LogP contribution < -0.4 is 10.2 Å². The molecule has 0 unspecified atom stereocenters. The summed E-state index contributed by atoms with van der Waals surface area (Å²) in [5, 5.41) is 7.34. The summed E-state index contributed by atoms with van der Waals surface area (Å²) < 4.78 is 1.89. The molecule has 1 N–H and O–H groups in total. The first kappa shape index (κ1) is 19.1. The van der Waals surface area contributed by atoms with Crippen LogP contribution in [0, 0.1) is 19.8 Å². The minimum Gasteiger partial charge on any atom is -0.354 e. The van der Waals surface area contributed by atoms with Crippen molar-refractivity contribution in [3.05, 3.63) is 47.3 Å². The molecule has 1 atom stereocenters. The van der Waals surface area contributed by atoms with E-state index in [4.69, 9.17) is 0 Å². The maximum atomic E-state index is 12.5. The minimum absolute atomic E-state index is 0.00555. The van der Waals surface area contributed by atoms with Crippen molar-refractivity contribution >= 4 is 17.5 Å². The normalized spacial score (nSPS) is 17.0. The van der Waals surface area contributed by atoms with Gasteiger partial charge in [-0.2, -0.15) is 5.10 Å². The summed E-state index contributed by atoms with van der Waals surface area (Å²) in [7, 11) is 0. The number of carbonyl (C=O) groups is 2. The van der Waals surface area contributed by atoms with Crippen LogP contribution in [0.25, 0.3) is 0 Å². The van der Waals surface area contributed by atoms with Gasteiger partial charge in [-0.3, -0.25) is 14.3 Å². The number of carbonyl (C=O) groups excluding carboxylic acids is 2. The Morgan fingerprint density at radius 1 is 1.26 bits per heavy atom. The van der Waals surface area contributed by atoms with Gasteiger partial charge in [-0.15, -0.1) is 0 Å². The van der Waals surface area contributed by atoms with Crippen LogP contribution in [0.5, 0.6) is 0 Å². The third kappa shape index (κ3) is 4.38. The van der Waals surface area contributed by atoms with E-state index < -0.39 is 0 Å². The molecule has 2 heterocycles. The first-order chi connectivity index (χ1) is 12.8. The second kappa shape index (κ2) is 7.94. The van der Waals surface area contributed by atoms with E-state index in [0.29, 0.717) is 25.6 Å². The van der Waals surface area contributed by atoms with Crippen LogP contribution in [-0.4, -0.2) is 34.7 Å². The molecule has 1 aliphatic rings. The number of rotatable bonds is 6. The lowest BCUT2D eigenvalue weighted by Gasteiger charge is -2.18. The van der Waals surface area contributed by atoms with Gasteiger partial charge in [-0.25, -0.2) is 0 Å². The molecule has 0 radical (unpaired) electrons. The van der Waals surface area contributed by atoms with Crippen LogP contribution >= 0.6 is 0 Å².